The van der Waals surface area contributed by atoms with Crippen molar-refractivity contribution in [2.45, 2.75) is 65.5 Å². The van der Waals surface area contributed by atoms with E-state index in [2.05, 4.69) is 22.5 Å². The number of amides is 2. The van der Waals surface area contributed by atoms with E-state index < -0.39 is 6.04 Å². The molecule has 29 heavy (non-hydrogen) atoms. The van der Waals surface area contributed by atoms with Gasteiger partial charge in [-0.2, -0.15) is 0 Å². The van der Waals surface area contributed by atoms with Crippen molar-refractivity contribution >= 4 is 11.8 Å². The van der Waals surface area contributed by atoms with E-state index in [1.807, 2.05) is 26.8 Å². The number of nitrogens with zero attached hydrogens (tertiary/aromatic N) is 1. The Hall–Kier alpha value is -2.08. The fraction of sp³-hybridized carbons (Fsp3) is 0.652. The van der Waals surface area contributed by atoms with Gasteiger partial charge in [0, 0.05) is 19.1 Å². The van der Waals surface area contributed by atoms with E-state index in [1.54, 1.807) is 18.2 Å². The second-order valence-corrected chi connectivity index (χ2v) is 8.15. The standard InChI is InChI=1S/C23H37N3O3/c1-5-29-20-13-7-6-12-19(20)22(27)25-21(17(2)3)23(28)24-14-10-16-26-15-9-8-11-18(26)4/h6-7,12-13,17-18,21H,5,8-11,14-16H2,1-4H3,(H,24,28)(H,25,27). The Kier molecular flexibility index (Phi) is 9.45. The van der Waals surface area contributed by atoms with Crippen molar-refractivity contribution in [3.63, 3.8) is 0 Å². The SMILES string of the molecule is CCOc1ccccc1C(=O)NC(C(=O)NCCCN1CCCCC1C)C(C)C. The predicted octanol–water partition coefficient (Wildman–Crippen LogP) is 3.22. The monoisotopic (exact) mass is 403 g/mol. The van der Waals surface area contributed by atoms with Crippen LogP contribution in [-0.2, 0) is 4.79 Å². The fourth-order valence-corrected chi connectivity index (χ4v) is 3.78. The summed E-state index contributed by atoms with van der Waals surface area (Å²) >= 11 is 0. The molecule has 1 fully saturated rings. The van der Waals surface area contributed by atoms with Crippen molar-refractivity contribution in [3.8, 4) is 5.75 Å². The van der Waals surface area contributed by atoms with Gasteiger partial charge < -0.3 is 20.3 Å². The van der Waals surface area contributed by atoms with E-state index in [0.717, 1.165) is 19.5 Å². The molecule has 2 unspecified atom stereocenters. The van der Waals surface area contributed by atoms with Crippen LogP contribution in [0.25, 0.3) is 0 Å². The van der Waals surface area contributed by atoms with E-state index in [1.165, 1.54) is 19.3 Å². The normalized spacial score (nSPS) is 18.3. The van der Waals surface area contributed by atoms with Crippen LogP contribution < -0.4 is 15.4 Å². The number of carbonyl (C=O) groups excluding carboxylic acids is 2. The van der Waals surface area contributed by atoms with Crippen LogP contribution in [0.2, 0.25) is 0 Å². The minimum atomic E-state index is -0.578. The van der Waals surface area contributed by atoms with E-state index >= 15 is 0 Å². The number of likely N-dealkylation sites (tertiary alicyclic amines) is 1. The van der Waals surface area contributed by atoms with Gasteiger partial charge >= 0.3 is 0 Å². The largest absolute Gasteiger partial charge is 0.493 e. The lowest BCUT2D eigenvalue weighted by atomic mass is 10.0. The highest BCUT2D eigenvalue weighted by Crippen LogP contribution is 2.19. The number of ether oxygens (including phenoxy) is 1. The second kappa shape index (κ2) is 11.8. The average molecular weight is 404 g/mol. The number of piperidine rings is 1. The van der Waals surface area contributed by atoms with Crippen molar-refractivity contribution in [3.05, 3.63) is 29.8 Å². The van der Waals surface area contributed by atoms with Crippen LogP contribution in [0.5, 0.6) is 5.75 Å². The van der Waals surface area contributed by atoms with Gasteiger partial charge in [0.25, 0.3) is 5.91 Å². The molecule has 0 aliphatic carbocycles. The van der Waals surface area contributed by atoms with Crippen molar-refractivity contribution in [2.75, 3.05) is 26.2 Å². The fourth-order valence-electron chi connectivity index (χ4n) is 3.78. The molecule has 1 aliphatic rings. The molecule has 1 aromatic carbocycles. The smallest absolute Gasteiger partial charge is 0.255 e. The molecule has 0 saturated carbocycles. The lowest BCUT2D eigenvalue weighted by Crippen LogP contribution is -2.50. The number of benzene rings is 1. The Morgan fingerprint density at radius 3 is 2.69 bits per heavy atom. The van der Waals surface area contributed by atoms with Crippen LogP contribution in [0.15, 0.2) is 24.3 Å². The predicted molar refractivity (Wildman–Crippen MR) is 116 cm³/mol. The van der Waals surface area contributed by atoms with Gasteiger partial charge in [0.05, 0.1) is 12.2 Å². The van der Waals surface area contributed by atoms with Crippen LogP contribution in [0.3, 0.4) is 0 Å². The number of rotatable bonds is 10. The number of carbonyl (C=O) groups is 2. The van der Waals surface area contributed by atoms with Gasteiger partial charge in [0.1, 0.15) is 11.8 Å². The van der Waals surface area contributed by atoms with Crippen LogP contribution in [-0.4, -0.2) is 55.0 Å². The van der Waals surface area contributed by atoms with Gasteiger partial charge in [-0.15, -0.1) is 0 Å². The molecule has 1 saturated heterocycles. The van der Waals surface area contributed by atoms with E-state index in [-0.39, 0.29) is 17.7 Å². The summed E-state index contributed by atoms with van der Waals surface area (Å²) in [6.07, 6.45) is 4.76. The summed E-state index contributed by atoms with van der Waals surface area (Å²) in [5, 5.41) is 5.89. The first-order chi connectivity index (χ1) is 13.9. The molecule has 0 radical (unpaired) electrons. The molecule has 6 nitrogen and oxygen atoms in total. The van der Waals surface area contributed by atoms with E-state index in [4.69, 9.17) is 4.74 Å². The maximum absolute atomic E-state index is 12.8. The van der Waals surface area contributed by atoms with Crippen molar-refractivity contribution < 1.29 is 14.3 Å². The molecule has 2 N–H and O–H groups in total. The van der Waals surface area contributed by atoms with Crippen LogP contribution in [0.1, 0.15) is 63.7 Å². The number of para-hydroxylation sites is 1. The number of nitrogens with one attached hydrogen (secondary N) is 2. The molecular formula is C23H37N3O3. The van der Waals surface area contributed by atoms with Gasteiger partial charge in [0.2, 0.25) is 5.91 Å². The van der Waals surface area contributed by atoms with E-state index in [9.17, 15) is 9.59 Å². The third-order valence-corrected chi connectivity index (χ3v) is 5.53. The quantitative estimate of drug-likeness (QED) is 0.589. The van der Waals surface area contributed by atoms with Crippen LogP contribution >= 0.6 is 0 Å². The summed E-state index contributed by atoms with van der Waals surface area (Å²) in [5.41, 5.74) is 0.451. The van der Waals surface area contributed by atoms with Gasteiger partial charge in [0.15, 0.2) is 0 Å². The average Bonchev–Trinajstić information content (AvgIpc) is 2.70. The highest BCUT2D eigenvalue weighted by molar-refractivity contribution is 5.99. The summed E-state index contributed by atoms with van der Waals surface area (Å²) in [5.74, 6) is 0.102. The molecule has 1 heterocycles. The topological polar surface area (TPSA) is 70.7 Å². The number of hydrogen-bond donors (Lipinski definition) is 2. The number of hydrogen-bond acceptors (Lipinski definition) is 4. The summed E-state index contributed by atoms with van der Waals surface area (Å²) < 4.78 is 5.54. The Morgan fingerprint density at radius 2 is 2.00 bits per heavy atom. The lowest BCUT2D eigenvalue weighted by molar-refractivity contribution is -0.123. The first kappa shape index (κ1) is 23.2. The molecule has 162 valence electrons. The summed E-state index contributed by atoms with van der Waals surface area (Å²) in [6.45, 7) is 11.3. The summed E-state index contributed by atoms with van der Waals surface area (Å²) in [4.78, 5) is 28.0. The molecule has 0 spiro atoms. The minimum Gasteiger partial charge on any atom is -0.493 e. The van der Waals surface area contributed by atoms with Crippen molar-refractivity contribution in [1.82, 2.24) is 15.5 Å². The van der Waals surface area contributed by atoms with Gasteiger partial charge in [-0.1, -0.05) is 32.4 Å². The summed E-state index contributed by atoms with van der Waals surface area (Å²) in [7, 11) is 0. The zero-order valence-corrected chi connectivity index (χ0v) is 18.4. The first-order valence-electron chi connectivity index (χ1n) is 11.0. The molecule has 0 bridgehead atoms. The first-order valence-corrected chi connectivity index (χ1v) is 11.0. The van der Waals surface area contributed by atoms with Crippen LogP contribution in [0.4, 0.5) is 0 Å². The van der Waals surface area contributed by atoms with Gasteiger partial charge in [-0.25, -0.2) is 0 Å². The minimum absolute atomic E-state index is 0.0136. The molecule has 1 aromatic rings. The Balaban J connectivity index is 1.86. The molecular weight excluding hydrogens is 366 g/mol. The van der Waals surface area contributed by atoms with Gasteiger partial charge in [-0.3, -0.25) is 9.59 Å². The zero-order chi connectivity index (χ0) is 21.2. The molecule has 2 rings (SSSR count). The van der Waals surface area contributed by atoms with E-state index in [0.29, 0.717) is 30.5 Å². The second-order valence-electron chi connectivity index (χ2n) is 8.15. The van der Waals surface area contributed by atoms with Crippen LogP contribution in [0, 0.1) is 5.92 Å². The Morgan fingerprint density at radius 1 is 1.24 bits per heavy atom. The van der Waals surface area contributed by atoms with Crippen molar-refractivity contribution in [1.29, 1.82) is 0 Å². The third-order valence-electron chi connectivity index (χ3n) is 5.53. The van der Waals surface area contributed by atoms with Crippen molar-refractivity contribution in [2.24, 2.45) is 5.92 Å². The zero-order valence-electron chi connectivity index (χ0n) is 18.4. The maximum Gasteiger partial charge on any atom is 0.255 e. The Bertz CT molecular complexity index is 663. The van der Waals surface area contributed by atoms with Gasteiger partial charge in [-0.05, 0) is 57.7 Å². The Labute approximate surface area is 175 Å². The molecule has 6 heteroatoms. The molecule has 2 atom stereocenters. The third kappa shape index (κ3) is 7.03. The highest BCUT2D eigenvalue weighted by atomic mass is 16.5. The molecule has 0 aromatic heterocycles. The maximum atomic E-state index is 12.8. The highest BCUT2D eigenvalue weighted by Gasteiger charge is 2.25. The molecule has 2 amide bonds. The molecule has 1 aliphatic heterocycles. The summed E-state index contributed by atoms with van der Waals surface area (Å²) in [6, 6.07) is 7.17. The lowest BCUT2D eigenvalue weighted by Gasteiger charge is -2.33.